The molecule has 0 saturated carbocycles. The first kappa shape index (κ1) is 13.6. The fourth-order valence-corrected chi connectivity index (χ4v) is 3.00. The number of nitriles is 1. The number of carbonyl (C=O) groups excluding carboxylic acids is 1. The predicted molar refractivity (Wildman–Crippen MR) is 69.0 cm³/mol. The second-order valence-corrected chi connectivity index (χ2v) is 5.17. The summed E-state index contributed by atoms with van der Waals surface area (Å²) in [6, 6.07) is 1.91. The van der Waals surface area contributed by atoms with Crippen molar-refractivity contribution >= 4 is 28.0 Å². The van der Waals surface area contributed by atoms with Gasteiger partial charge in [0.25, 0.3) is 0 Å². The van der Waals surface area contributed by atoms with E-state index in [0.717, 1.165) is 11.3 Å². The van der Waals surface area contributed by atoms with Crippen LogP contribution in [0.3, 0.4) is 0 Å². The highest BCUT2D eigenvalue weighted by Gasteiger charge is 2.34. The maximum atomic E-state index is 11.7. The minimum absolute atomic E-state index is 0.0743. The molecule has 1 saturated heterocycles. The van der Waals surface area contributed by atoms with E-state index in [2.05, 4.69) is 4.74 Å². The molecule has 8 heteroatoms. The summed E-state index contributed by atoms with van der Waals surface area (Å²) in [6.45, 7) is 0.353. The number of aliphatic hydroxyl groups is 2. The Bertz CT molecular complexity index is 541. The standard InChI is InChI=1S/C11H13N3O4S/c1-18-11(17)8-9(13)7(2-12)19-10(8)14-3-5(15)6(16)4-14/h5-6,15-16H,3-4,13H2,1H3. The number of carbonyl (C=O) groups is 1. The lowest BCUT2D eigenvalue weighted by Gasteiger charge is -2.16. The number of thiophene rings is 1. The van der Waals surface area contributed by atoms with Gasteiger partial charge in [0.05, 0.1) is 25.0 Å². The van der Waals surface area contributed by atoms with Crippen LogP contribution in [0, 0.1) is 11.3 Å². The summed E-state index contributed by atoms with van der Waals surface area (Å²) in [5.41, 5.74) is 5.95. The number of methoxy groups -OCH3 is 1. The zero-order valence-electron chi connectivity index (χ0n) is 10.2. The van der Waals surface area contributed by atoms with Crippen molar-refractivity contribution in [3.8, 4) is 6.07 Å². The lowest BCUT2D eigenvalue weighted by Crippen LogP contribution is -2.22. The highest BCUT2D eigenvalue weighted by molar-refractivity contribution is 7.17. The molecule has 7 nitrogen and oxygen atoms in total. The van der Waals surface area contributed by atoms with E-state index in [0.29, 0.717) is 5.00 Å². The molecule has 4 N–H and O–H groups in total. The van der Waals surface area contributed by atoms with Crippen LogP contribution < -0.4 is 10.6 Å². The Hall–Kier alpha value is -1.82. The molecule has 2 rings (SSSR count). The molecule has 0 amide bonds. The molecular weight excluding hydrogens is 270 g/mol. The maximum Gasteiger partial charge on any atom is 0.343 e. The number of hydrogen-bond acceptors (Lipinski definition) is 8. The summed E-state index contributed by atoms with van der Waals surface area (Å²) in [4.78, 5) is 13.6. The topological polar surface area (TPSA) is 120 Å². The Balaban J connectivity index is 2.46. The summed E-state index contributed by atoms with van der Waals surface area (Å²) >= 11 is 1.05. The van der Waals surface area contributed by atoms with Gasteiger partial charge in [-0.2, -0.15) is 5.26 Å². The van der Waals surface area contributed by atoms with Gasteiger partial charge in [0.1, 0.15) is 21.5 Å². The molecule has 2 unspecified atom stereocenters. The Kier molecular flexibility index (Phi) is 3.61. The largest absolute Gasteiger partial charge is 0.465 e. The Morgan fingerprint density at radius 3 is 2.58 bits per heavy atom. The monoisotopic (exact) mass is 283 g/mol. The minimum atomic E-state index is -0.889. The van der Waals surface area contributed by atoms with E-state index in [4.69, 9.17) is 11.0 Å². The Labute approximate surface area is 113 Å². The third-order valence-corrected chi connectivity index (χ3v) is 4.13. The SMILES string of the molecule is COC(=O)c1c(N2CC(O)C(O)C2)sc(C#N)c1N. The molecule has 0 aromatic carbocycles. The second kappa shape index (κ2) is 5.05. The van der Waals surface area contributed by atoms with Gasteiger partial charge in [-0.25, -0.2) is 4.79 Å². The smallest absolute Gasteiger partial charge is 0.343 e. The van der Waals surface area contributed by atoms with Crippen molar-refractivity contribution in [1.29, 1.82) is 5.26 Å². The van der Waals surface area contributed by atoms with E-state index in [1.807, 2.05) is 6.07 Å². The summed E-state index contributed by atoms with van der Waals surface area (Å²) in [5.74, 6) is -0.638. The first-order chi connectivity index (χ1) is 8.99. The molecule has 1 aromatic rings. The van der Waals surface area contributed by atoms with E-state index in [1.165, 1.54) is 7.11 Å². The lowest BCUT2D eigenvalue weighted by atomic mass is 10.2. The van der Waals surface area contributed by atoms with Crippen LogP contribution in [0.25, 0.3) is 0 Å². The lowest BCUT2D eigenvalue weighted by molar-refractivity contribution is 0.0572. The van der Waals surface area contributed by atoms with E-state index in [-0.39, 0.29) is 29.2 Å². The van der Waals surface area contributed by atoms with E-state index < -0.39 is 18.2 Å². The van der Waals surface area contributed by atoms with Gasteiger partial charge in [0.15, 0.2) is 0 Å². The van der Waals surface area contributed by atoms with Gasteiger partial charge < -0.3 is 25.6 Å². The van der Waals surface area contributed by atoms with Crippen LogP contribution in [-0.4, -0.2) is 48.6 Å². The number of aliphatic hydroxyl groups excluding tert-OH is 2. The zero-order chi connectivity index (χ0) is 14.2. The van der Waals surface area contributed by atoms with Gasteiger partial charge in [-0.3, -0.25) is 0 Å². The first-order valence-electron chi connectivity index (χ1n) is 5.51. The number of nitrogen functional groups attached to an aromatic ring is 1. The van der Waals surface area contributed by atoms with Crippen LogP contribution in [0.4, 0.5) is 10.7 Å². The van der Waals surface area contributed by atoms with Crippen LogP contribution >= 0.6 is 11.3 Å². The summed E-state index contributed by atoms with van der Waals surface area (Å²) in [5, 5.41) is 28.5. The number of ether oxygens (including phenoxy) is 1. The summed E-state index contributed by atoms with van der Waals surface area (Å²) in [6.07, 6.45) is -1.78. The molecule has 1 aliphatic heterocycles. The van der Waals surface area contributed by atoms with Crippen molar-refractivity contribution in [2.45, 2.75) is 12.2 Å². The van der Waals surface area contributed by atoms with Crippen molar-refractivity contribution in [3.05, 3.63) is 10.4 Å². The molecular formula is C11H13N3O4S. The van der Waals surface area contributed by atoms with Crippen LogP contribution in [-0.2, 0) is 4.74 Å². The highest BCUT2D eigenvalue weighted by atomic mass is 32.1. The van der Waals surface area contributed by atoms with Crippen molar-refractivity contribution in [1.82, 2.24) is 0 Å². The molecule has 1 fully saturated rings. The van der Waals surface area contributed by atoms with Gasteiger partial charge in [-0.05, 0) is 0 Å². The fourth-order valence-electron chi connectivity index (χ4n) is 1.97. The Morgan fingerprint density at radius 1 is 1.53 bits per heavy atom. The van der Waals surface area contributed by atoms with E-state index >= 15 is 0 Å². The predicted octanol–water partition coefficient (Wildman–Crippen LogP) is -0.470. The highest BCUT2D eigenvalue weighted by Crippen LogP contribution is 2.39. The second-order valence-electron chi connectivity index (χ2n) is 4.17. The van der Waals surface area contributed by atoms with Crippen molar-refractivity contribution in [2.75, 3.05) is 30.8 Å². The number of rotatable bonds is 2. The van der Waals surface area contributed by atoms with Gasteiger partial charge >= 0.3 is 5.97 Å². The molecule has 102 valence electrons. The fraction of sp³-hybridized carbons (Fsp3) is 0.455. The maximum absolute atomic E-state index is 11.7. The van der Waals surface area contributed by atoms with E-state index in [9.17, 15) is 15.0 Å². The van der Waals surface area contributed by atoms with Crippen LogP contribution in [0.5, 0.6) is 0 Å². The minimum Gasteiger partial charge on any atom is -0.465 e. The third-order valence-electron chi connectivity index (χ3n) is 2.96. The molecule has 2 heterocycles. The molecule has 1 aromatic heterocycles. The number of anilines is 2. The number of nitrogens with zero attached hydrogens (tertiary/aromatic N) is 2. The molecule has 0 aliphatic carbocycles. The van der Waals surface area contributed by atoms with Gasteiger partial charge in [0.2, 0.25) is 0 Å². The van der Waals surface area contributed by atoms with Crippen molar-refractivity contribution in [2.24, 2.45) is 0 Å². The number of β-amino-alcohol motifs (C(OH)–C–C–N with tert-alkyl or cyclic N) is 2. The van der Waals surface area contributed by atoms with Gasteiger partial charge in [-0.1, -0.05) is 0 Å². The average molecular weight is 283 g/mol. The zero-order valence-corrected chi connectivity index (χ0v) is 11.0. The van der Waals surface area contributed by atoms with Crippen LogP contribution in [0.15, 0.2) is 0 Å². The average Bonchev–Trinajstić information content (AvgIpc) is 2.89. The normalized spacial score (nSPS) is 22.3. The van der Waals surface area contributed by atoms with Crippen molar-refractivity contribution in [3.63, 3.8) is 0 Å². The number of esters is 1. The summed E-state index contributed by atoms with van der Waals surface area (Å²) < 4.78 is 4.66. The molecule has 0 spiro atoms. The van der Waals surface area contributed by atoms with Crippen LogP contribution in [0.2, 0.25) is 0 Å². The molecule has 19 heavy (non-hydrogen) atoms. The molecule has 0 radical (unpaired) electrons. The summed E-state index contributed by atoms with van der Waals surface area (Å²) in [7, 11) is 1.23. The Morgan fingerprint density at radius 2 is 2.11 bits per heavy atom. The molecule has 0 bridgehead atoms. The van der Waals surface area contributed by atoms with E-state index in [1.54, 1.807) is 4.90 Å². The third kappa shape index (κ3) is 2.23. The van der Waals surface area contributed by atoms with Crippen LogP contribution in [0.1, 0.15) is 15.2 Å². The van der Waals surface area contributed by atoms with Gasteiger partial charge in [-0.15, -0.1) is 11.3 Å². The number of hydrogen-bond donors (Lipinski definition) is 3. The number of nitrogens with two attached hydrogens (primary N) is 1. The molecule has 1 aliphatic rings. The van der Waals surface area contributed by atoms with Gasteiger partial charge in [0, 0.05) is 13.1 Å². The first-order valence-corrected chi connectivity index (χ1v) is 6.33. The quantitative estimate of drug-likeness (QED) is 0.627. The molecule has 2 atom stereocenters. The van der Waals surface area contributed by atoms with Crippen molar-refractivity contribution < 1.29 is 19.7 Å².